The van der Waals surface area contributed by atoms with Crippen molar-refractivity contribution in [3.8, 4) is 0 Å². The third-order valence-corrected chi connectivity index (χ3v) is 5.48. The minimum Gasteiger partial charge on any atom is -0.327 e. The van der Waals surface area contributed by atoms with Crippen LogP contribution in [0.15, 0.2) is 24.3 Å². The van der Waals surface area contributed by atoms with E-state index in [0.717, 1.165) is 56.6 Å². The van der Waals surface area contributed by atoms with Gasteiger partial charge in [-0.25, -0.2) is 4.79 Å². The number of amides is 3. The molecule has 1 aromatic rings. The molecule has 2 aliphatic rings. The Hall–Kier alpha value is -1.79. The molecular formula is C20H31ClN4O2. The molecule has 7 heteroatoms. The van der Waals surface area contributed by atoms with E-state index in [9.17, 15) is 9.59 Å². The van der Waals surface area contributed by atoms with E-state index < -0.39 is 0 Å². The second-order valence-corrected chi connectivity index (χ2v) is 7.52. The Morgan fingerprint density at radius 2 is 1.52 bits per heavy atom. The van der Waals surface area contributed by atoms with Crippen LogP contribution in [-0.2, 0) is 4.79 Å². The summed E-state index contributed by atoms with van der Waals surface area (Å²) >= 11 is 0. The van der Waals surface area contributed by atoms with Crippen LogP contribution < -0.4 is 16.4 Å². The van der Waals surface area contributed by atoms with Crippen molar-refractivity contribution in [2.45, 2.75) is 57.4 Å². The summed E-state index contributed by atoms with van der Waals surface area (Å²) in [6.45, 7) is 1.65. The van der Waals surface area contributed by atoms with Crippen LogP contribution in [0.3, 0.4) is 0 Å². The first-order valence-corrected chi connectivity index (χ1v) is 9.83. The average molecular weight is 395 g/mol. The third-order valence-electron chi connectivity index (χ3n) is 5.48. The van der Waals surface area contributed by atoms with Crippen LogP contribution >= 0.6 is 12.4 Å². The van der Waals surface area contributed by atoms with Gasteiger partial charge in [0, 0.05) is 36.9 Å². The maximum Gasteiger partial charge on any atom is 0.321 e. The second kappa shape index (κ2) is 10.5. The topological polar surface area (TPSA) is 87.5 Å². The molecule has 27 heavy (non-hydrogen) atoms. The van der Waals surface area contributed by atoms with Crippen molar-refractivity contribution >= 4 is 35.7 Å². The molecule has 1 aliphatic heterocycles. The number of likely N-dealkylation sites (tertiary alicyclic amines) is 1. The number of rotatable bonds is 4. The molecule has 3 amide bonds. The number of halogens is 1. The predicted octanol–water partition coefficient (Wildman–Crippen LogP) is 3.97. The molecule has 3 rings (SSSR count). The predicted molar refractivity (Wildman–Crippen MR) is 111 cm³/mol. The minimum absolute atomic E-state index is 0. The van der Waals surface area contributed by atoms with Crippen molar-refractivity contribution in [1.29, 1.82) is 0 Å². The van der Waals surface area contributed by atoms with Gasteiger partial charge in [-0.15, -0.1) is 12.4 Å². The van der Waals surface area contributed by atoms with Gasteiger partial charge in [-0.1, -0.05) is 19.3 Å². The molecule has 2 atom stereocenters. The Labute approximate surface area is 167 Å². The number of carbonyl (C=O) groups excluding carboxylic acids is 2. The lowest BCUT2D eigenvalue weighted by Gasteiger charge is -2.21. The summed E-state index contributed by atoms with van der Waals surface area (Å²) in [5.41, 5.74) is 7.52. The standard InChI is InChI=1S/C20H30N4O2.ClH/c21-18-7-5-6-15(18)14-19(25)22-16-8-10-17(11-9-16)23-20(26)24-12-3-1-2-4-13-24;/h8-11,15,18H,1-7,12-14,21H2,(H,22,25)(H,23,26);1H/t15-,18+;/m0./s1. The van der Waals surface area contributed by atoms with Gasteiger partial charge in [0.25, 0.3) is 0 Å². The van der Waals surface area contributed by atoms with Crippen molar-refractivity contribution in [2.24, 2.45) is 11.7 Å². The van der Waals surface area contributed by atoms with E-state index in [1.807, 2.05) is 29.2 Å². The van der Waals surface area contributed by atoms with E-state index in [1.165, 1.54) is 12.8 Å². The van der Waals surface area contributed by atoms with Gasteiger partial charge in [0.1, 0.15) is 0 Å². The van der Waals surface area contributed by atoms with Crippen molar-refractivity contribution in [3.63, 3.8) is 0 Å². The van der Waals surface area contributed by atoms with Gasteiger partial charge in [0.2, 0.25) is 5.91 Å². The van der Waals surface area contributed by atoms with Gasteiger partial charge >= 0.3 is 6.03 Å². The summed E-state index contributed by atoms with van der Waals surface area (Å²) < 4.78 is 0. The maximum atomic E-state index is 12.3. The highest BCUT2D eigenvalue weighted by molar-refractivity contribution is 5.92. The zero-order chi connectivity index (χ0) is 18.4. The lowest BCUT2D eigenvalue weighted by molar-refractivity contribution is -0.117. The summed E-state index contributed by atoms with van der Waals surface area (Å²) in [5.74, 6) is 0.302. The largest absolute Gasteiger partial charge is 0.327 e. The van der Waals surface area contributed by atoms with Gasteiger partial charge in [-0.05, 0) is 55.9 Å². The van der Waals surface area contributed by atoms with Crippen molar-refractivity contribution in [2.75, 3.05) is 23.7 Å². The fourth-order valence-corrected chi connectivity index (χ4v) is 3.88. The van der Waals surface area contributed by atoms with Crippen LogP contribution in [0.1, 0.15) is 51.4 Å². The molecule has 0 aromatic heterocycles. The number of hydrogen-bond acceptors (Lipinski definition) is 3. The Morgan fingerprint density at radius 3 is 2.07 bits per heavy atom. The molecule has 1 saturated carbocycles. The summed E-state index contributed by atoms with van der Waals surface area (Å²) in [6.07, 6.45) is 8.19. The van der Waals surface area contributed by atoms with Crippen LogP contribution in [0, 0.1) is 5.92 Å². The number of nitrogens with one attached hydrogen (secondary N) is 2. The van der Waals surface area contributed by atoms with Gasteiger partial charge in [0.15, 0.2) is 0 Å². The monoisotopic (exact) mass is 394 g/mol. The van der Waals surface area contributed by atoms with Crippen LogP contribution in [0.5, 0.6) is 0 Å². The first-order chi connectivity index (χ1) is 12.6. The van der Waals surface area contributed by atoms with Gasteiger partial charge in [-0.3, -0.25) is 4.79 Å². The third kappa shape index (κ3) is 6.40. The van der Waals surface area contributed by atoms with E-state index in [0.29, 0.717) is 12.3 Å². The van der Waals surface area contributed by atoms with E-state index in [-0.39, 0.29) is 30.4 Å². The lowest BCUT2D eigenvalue weighted by Crippen LogP contribution is -2.35. The van der Waals surface area contributed by atoms with Crippen molar-refractivity contribution < 1.29 is 9.59 Å². The van der Waals surface area contributed by atoms with Crippen LogP contribution in [-0.4, -0.2) is 36.0 Å². The first-order valence-electron chi connectivity index (χ1n) is 9.83. The summed E-state index contributed by atoms with van der Waals surface area (Å²) in [6, 6.07) is 7.41. The van der Waals surface area contributed by atoms with Crippen molar-refractivity contribution in [1.82, 2.24) is 4.90 Å². The van der Waals surface area contributed by atoms with Gasteiger partial charge < -0.3 is 21.3 Å². The van der Waals surface area contributed by atoms with Crippen LogP contribution in [0.25, 0.3) is 0 Å². The number of nitrogens with two attached hydrogens (primary N) is 1. The quantitative estimate of drug-likeness (QED) is 0.721. The number of nitrogens with zero attached hydrogens (tertiary/aromatic N) is 1. The minimum atomic E-state index is -0.0427. The number of benzene rings is 1. The Morgan fingerprint density at radius 1 is 0.926 bits per heavy atom. The highest BCUT2D eigenvalue weighted by Gasteiger charge is 2.26. The van der Waals surface area contributed by atoms with Crippen molar-refractivity contribution in [3.05, 3.63) is 24.3 Å². The zero-order valence-electron chi connectivity index (χ0n) is 15.8. The Kier molecular flexibility index (Phi) is 8.38. The lowest BCUT2D eigenvalue weighted by atomic mass is 10.00. The molecule has 2 fully saturated rings. The molecule has 0 unspecified atom stereocenters. The normalized spacial score (nSPS) is 22.5. The molecule has 1 aromatic carbocycles. The molecule has 1 saturated heterocycles. The molecule has 0 radical (unpaired) electrons. The van der Waals surface area contributed by atoms with Crippen LogP contribution in [0.4, 0.5) is 16.2 Å². The van der Waals surface area contributed by atoms with Crippen LogP contribution in [0.2, 0.25) is 0 Å². The number of anilines is 2. The second-order valence-electron chi connectivity index (χ2n) is 7.52. The smallest absolute Gasteiger partial charge is 0.321 e. The summed E-state index contributed by atoms with van der Waals surface area (Å²) in [4.78, 5) is 26.4. The summed E-state index contributed by atoms with van der Waals surface area (Å²) in [5, 5.41) is 5.87. The Balaban J connectivity index is 0.00000261. The number of urea groups is 1. The molecule has 1 heterocycles. The summed E-state index contributed by atoms with van der Waals surface area (Å²) in [7, 11) is 0. The highest BCUT2D eigenvalue weighted by atomic mass is 35.5. The molecule has 1 aliphatic carbocycles. The van der Waals surface area contributed by atoms with E-state index in [2.05, 4.69) is 10.6 Å². The fourth-order valence-electron chi connectivity index (χ4n) is 3.88. The Bertz CT molecular complexity index is 615. The molecule has 6 nitrogen and oxygen atoms in total. The van der Waals surface area contributed by atoms with E-state index >= 15 is 0 Å². The van der Waals surface area contributed by atoms with Gasteiger partial charge in [-0.2, -0.15) is 0 Å². The molecule has 0 bridgehead atoms. The first kappa shape index (κ1) is 21.5. The van der Waals surface area contributed by atoms with E-state index in [4.69, 9.17) is 5.73 Å². The fraction of sp³-hybridized carbons (Fsp3) is 0.600. The highest BCUT2D eigenvalue weighted by Crippen LogP contribution is 2.27. The molecule has 150 valence electrons. The zero-order valence-corrected chi connectivity index (χ0v) is 16.6. The molecular weight excluding hydrogens is 364 g/mol. The van der Waals surface area contributed by atoms with Gasteiger partial charge in [0.05, 0.1) is 0 Å². The molecule has 0 spiro atoms. The molecule has 4 N–H and O–H groups in total. The SMILES string of the molecule is Cl.N[C@@H]1CCC[C@H]1CC(=O)Nc1ccc(NC(=O)N2CCCCCC2)cc1. The number of hydrogen-bond donors (Lipinski definition) is 3. The van der Waals surface area contributed by atoms with E-state index in [1.54, 1.807) is 0 Å². The number of carbonyl (C=O) groups is 2. The maximum absolute atomic E-state index is 12.3. The average Bonchev–Trinajstić information content (AvgIpc) is 2.87.